The van der Waals surface area contributed by atoms with E-state index in [0.29, 0.717) is 17.7 Å². The lowest BCUT2D eigenvalue weighted by Gasteiger charge is -2.24. The van der Waals surface area contributed by atoms with E-state index >= 15 is 0 Å². The highest BCUT2D eigenvalue weighted by Crippen LogP contribution is 2.31. The number of nitrogens with two attached hydrogens (primary N) is 1. The number of hydrogen-bond acceptors (Lipinski definition) is 2. The van der Waals surface area contributed by atoms with Crippen LogP contribution in [-0.2, 0) is 4.79 Å². The molecule has 1 rings (SSSR count). The number of allylic oxidation sites excluding steroid dienone is 4. The van der Waals surface area contributed by atoms with Crippen LogP contribution in [0.15, 0.2) is 23.4 Å². The molecule has 3 heteroatoms. The van der Waals surface area contributed by atoms with Crippen LogP contribution in [0.1, 0.15) is 20.3 Å². The van der Waals surface area contributed by atoms with Crippen molar-refractivity contribution in [2.24, 2.45) is 11.1 Å². The molecule has 0 saturated heterocycles. The number of rotatable bonds is 1. The average Bonchev–Trinajstić information content (AvgIpc) is 1.83. The standard InChI is InChI=1S/C9H12ClNO/c1-9(2)4-3-6(8(10)12)7(11)5-9/h3-4H,5,11H2,1-2H3. The van der Waals surface area contributed by atoms with E-state index in [1.165, 1.54) is 0 Å². The fraction of sp³-hybridized carbons (Fsp3) is 0.444. The maximum Gasteiger partial charge on any atom is 0.254 e. The maximum absolute atomic E-state index is 10.8. The molecule has 0 heterocycles. The van der Waals surface area contributed by atoms with E-state index < -0.39 is 5.24 Å². The fourth-order valence-corrected chi connectivity index (χ4v) is 1.44. The molecule has 0 radical (unpaired) electrons. The smallest absolute Gasteiger partial charge is 0.254 e. The zero-order valence-corrected chi connectivity index (χ0v) is 7.98. The first-order valence-corrected chi connectivity index (χ1v) is 4.18. The SMILES string of the molecule is CC1(C)C=CC(C(=O)Cl)=C(N)C1. The lowest BCUT2D eigenvalue weighted by atomic mass is 9.82. The van der Waals surface area contributed by atoms with Gasteiger partial charge in [-0.2, -0.15) is 0 Å². The molecule has 0 aromatic rings. The lowest BCUT2D eigenvalue weighted by molar-refractivity contribution is -0.108. The van der Waals surface area contributed by atoms with Crippen molar-refractivity contribution in [1.82, 2.24) is 0 Å². The molecule has 0 aliphatic heterocycles. The Balaban J connectivity index is 2.95. The molecule has 1 aliphatic rings. The minimum atomic E-state index is -0.473. The van der Waals surface area contributed by atoms with Gasteiger partial charge in [0, 0.05) is 5.70 Å². The predicted octanol–water partition coefficient (Wildman–Crippen LogP) is 1.95. The molecule has 0 fully saturated rings. The van der Waals surface area contributed by atoms with Crippen LogP contribution in [0.2, 0.25) is 0 Å². The topological polar surface area (TPSA) is 43.1 Å². The molecule has 0 spiro atoms. The fourth-order valence-electron chi connectivity index (χ4n) is 1.25. The zero-order valence-electron chi connectivity index (χ0n) is 7.23. The van der Waals surface area contributed by atoms with Gasteiger partial charge in [-0.25, -0.2) is 0 Å². The first kappa shape index (κ1) is 9.33. The third-order valence-electron chi connectivity index (χ3n) is 1.90. The summed E-state index contributed by atoms with van der Waals surface area (Å²) in [5.41, 5.74) is 6.75. The molecule has 0 saturated carbocycles. The second-order valence-electron chi connectivity index (χ2n) is 3.71. The van der Waals surface area contributed by atoms with Gasteiger partial charge >= 0.3 is 0 Å². The molecule has 2 N–H and O–H groups in total. The molecule has 2 nitrogen and oxygen atoms in total. The van der Waals surface area contributed by atoms with Gasteiger partial charge in [-0.05, 0) is 23.4 Å². The predicted molar refractivity (Wildman–Crippen MR) is 49.6 cm³/mol. The molecule has 12 heavy (non-hydrogen) atoms. The third kappa shape index (κ3) is 1.89. The van der Waals surface area contributed by atoms with Crippen molar-refractivity contribution >= 4 is 16.8 Å². The van der Waals surface area contributed by atoms with Crippen molar-refractivity contribution in [3.05, 3.63) is 23.4 Å². The summed E-state index contributed by atoms with van der Waals surface area (Å²) in [4.78, 5) is 10.8. The minimum Gasteiger partial charge on any atom is -0.401 e. The summed E-state index contributed by atoms with van der Waals surface area (Å²) >= 11 is 5.32. The van der Waals surface area contributed by atoms with E-state index in [4.69, 9.17) is 17.3 Å². The van der Waals surface area contributed by atoms with Crippen LogP contribution in [0, 0.1) is 5.41 Å². The van der Waals surface area contributed by atoms with Crippen LogP contribution in [0.25, 0.3) is 0 Å². The molecule has 0 aromatic heterocycles. The van der Waals surface area contributed by atoms with Crippen molar-refractivity contribution < 1.29 is 4.79 Å². The van der Waals surface area contributed by atoms with E-state index in [1.807, 2.05) is 6.08 Å². The Hall–Kier alpha value is -0.760. The van der Waals surface area contributed by atoms with Crippen molar-refractivity contribution in [2.45, 2.75) is 20.3 Å². The summed E-state index contributed by atoms with van der Waals surface area (Å²) < 4.78 is 0. The molecule has 1 aliphatic carbocycles. The normalized spacial score (nSPS) is 21.2. The Kier molecular flexibility index (Phi) is 2.29. The van der Waals surface area contributed by atoms with Gasteiger partial charge in [0.05, 0.1) is 5.57 Å². The van der Waals surface area contributed by atoms with Crippen LogP contribution in [-0.4, -0.2) is 5.24 Å². The highest BCUT2D eigenvalue weighted by Gasteiger charge is 2.22. The van der Waals surface area contributed by atoms with Crippen LogP contribution < -0.4 is 5.73 Å². The summed E-state index contributed by atoms with van der Waals surface area (Å²) in [6.45, 7) is 4.12. The summed E-state index contributed by atoms with van der Waals surface area (Å²) in [5.74, 6) is 0. The number of hydrogen-bond donors (Lipinski definition) is 1. The Bertz CT molecular complexity index is 276. The van der Waals surface area contributed by atoms with Crippen LogP contribution in [0.3, 0.4) is 0 Å². The van der Waals surface area contributed by atoms with E-state index in [1.54, 1.807) is 6.08 Å². The minimum absolute atomic E-state index is 0.0416. The van der Waals surface area contributed by atoms with Crippen LogP contribution >= 0.6 is 11.6 Å². The molecular weight excluding hydrogens is 174 g/mol. The maximum atomic E-state index is 10.8. The van der Waals surface area contributed by atoms with E-state index in [9.17, 15) is 4.79 Å². The number of carbonyl (C=O) groups is 1. The van der Waals surface area contributed by atoms with Gasteiger partial charge in [0.2, 0.25) is 0 Å². The van der Waals surface area contributed by atoms with Crippen molar-refractivity contribution in [1.29, 1.82) is 0 Å². The summed E-state index contributed by atoms with van der Waals surface area (Å²) in [7, 11) is 0. The monoisotopic (exact) mass is 185 g/mol. The first-order chi connectivity index (χ1) is 5.42. The Morgan fingerprint density at radius 1 is 1.67 bits per heavy atom. The molecule has 0 atom stereocenters. The average molecular weight is 186 g/mol. The Labute approximate surface area is 77.1 Å². The van der Waals surface area contributed by atoms with E-state index in [0.717, 1.165) is 0 Å². The second-order valence-corrected chi connectivity index (χ2v) is 4.05. The van der Waals surface area contributed by atoms with Gasteiger partial charge in [0.1, 0.15) is 0 Å². The highest BCUT2D eigenvalue weighted by atomic mass is 35.5. The molecular formula is C9H12ClNO. The number of carbonyl (C=O) groups excluding carboxylic acids is 1. The molecule has 0 unspecified atom stereocenters. The molecule has 0 amide bonds. The Morgan fingerprint density at radius 3 is 2.67 bits per heavy atom. The van der Waals surface area contributed by atoms with Crippen LogP contribution in [0.4, 0.5) is 0 Å². The molecule has 0 bridgehead atoms. The third-order valence-corrected chi connectivity index (χ3v) is 2.11. The van der Waals surface area contributed by atoms with Crippen molar-refractivity contribution in [3.8, 4) is 0 Å². The van der Waals surface area contributed by atoms with Gasteiger partial charge in [-0.3, -0.25) is 4.79 Å². The van der Waals surface area contributed by atoms with Crippen LogP contribution in [0.5, 0.6) is 0 Å². The Morgan fingerprint density at radius 2 is 2.25 bits per heavy atom. The van der Waals surface area contributed by atoms with Gasteiger partial charge in [0.25, 0.3) is 5.24 Å². The largest absolute Gasteiger partial charge is 0.401 e. The van der Waals surface area contributed by atoms with Gasteiger partial charge in [-0.15, -0.1) is 0 Å². The second kappa shape index (κ2) is 2.94. The van der Waals surface area contributed by atoms with Gasteiger partial charge < -0.3 is 5.73 Å². The van der Waals surface area contributed by atoms with Gasteiger partial charge in [0.15, 0.2) is 0 Å². The number of halogens is 1. The summed E-state index contributed by atoms with van der Waals surface area (Å²) in [6.07, 6.45) is 4.35. The quantitative estimate of drug-likeness (QED) is 0.635. The van der Waals surface area contributed by atoms with E-state index in [2.05, 4.69) is 13.8 Å². The zero-order chi connectivity index (χ0) is 9.35. The lowest BCUT2D eigenvalue weighted by Crippen LogP contribution is -2.19. The summed E-state index contributed by atoms with van der Waals surface area (Å²) in [5, 5.41) is -0.473. The summed E-state index contributed by atoms with van der Waals surface area (Å²) in [6, 6.07) is 0. The molecule has 0 aromatic carbocycles. The van der Waals surface area contributed by atoms with Gasteiger partial charge in [-0.1, -0.05) is 26.0 Å². The van der Waals surface area contributed by atoms with Crippen molar-refractivity contribution in [2.75, 3.05) is 0 Å². The molecule has 66 valence electrons. The van der Waals surface area contributed by atoms with E-state index in [-0.39, 0.29) is 5.41 Å². The first-order valence-electron chi connectivity index (χ1n) is 3.80. The van der Waals surface area contributed by atoms with Crippen molar-refractivity contribution in [3.63, 3.8) is 0 Å². The highest BCUT2D eigenvalue weighted by molar-refractivity contribution is 6.68.